The highest BCUT2D eigenvalue weighted by atomic mass is 19.1. The molecule has 1 unspecified atom stereocenters. The maximum Gasteiger partial charge on any atom is 0.307 e. The van der Waals surface area contributed by atoms with Crippen LogP contribution in [0, 0.1) is 5.82 Å². The highest BCUT2D eigenvalue weighted by molar-refractivity contribution is 5.91. The SMILES string of the molecule is CCC(CC(=O)Nc1ccc(CC(=O)O)c(F)c1)c1ccccc1. The van der Waals surface area contributed by atoms with E-state index in [9.17, 15) is 14.0 Å². The average Bonchev–Trinajstić information content (AvgIpc) is 2.55. The van der Waals surface area contributed by atoms with Crippen molar-refractivity contribution in [3.63, 3.8) is 0 Å². The van der Waals surface area contributed by atoms with Gasteiger partial charge in [0.25, 0.3) is 0 Å². The number of hydrogen-bond acceptors (Lipinski definition) is 2. The van der Waals surface area contributed by atoms with Gasteiger partial charge < -0.3 is 10.4 Å². The first kappa shape index (κ1) is 17.7. The molecule has 0 heterocycles. The van der Waals surface area contributed by atoms with Crippen molar-refractivity contribution in [2.75, 3.05) is 5.32 Å². The quantitative estimate of drug-likeness (QED) is 0.807. The Bertz CT molecular complexity index is 716. The van der Waals surface area contributed by atoms with E-state index < -0.39 is 11.8 Å². The molecule has 0 aliphatic rings. The molecule has 2 aromatic rings. The van der Waals surface area contributed by atoms with E-state index in [-0.39, 0.29) is 23.8 Å². The van der Waals surface area contributed by atoms with Crippen LogP contribution >= 0.6 is 0 Å². The van der Waals surface area contributed by atoms with Crippen molar-refractivity contribution in [1.82, 2.24) is 0 Å². The van der Waals surface area contributed by atoms with Gasteiger partial charge in [0, 0.05) is 12.1 Å². The van der Waals surface area contributed by atoms with Crippen LogP contribution in [0.15, 0.2) is 48.5 Å². The van der Waals surface area contributed by atoms with Crippen LogP contribution in [0.3, 0.4) is 0 Å². The highest BCUT2D eigenvalue weighted by Crippen LogP contribution is 2.24. The summed E-state index contributed by atoms with van der Waals surface area (Å²) in [5, 5.41) is 11.4. The molecule has 0 spiro atoms. The summed E-state index contributed by atoms with van der Waals surface area (Å²) in [5.41, 5.74) is 1.52. The van der Waals surface area contributed by atoms with E-state index in [1.165, 1.54) is 12.1 Å². The minimum Gasteiger partial charge on any atom is -0.481 e. The predicted molar refractivity (Wildman–Crippen MR) is 90.5 cm³/mol. The molecule has 0 radical (unpaired) electrons. The van der Waals surface area contributed by atoms with Crippen molar-refractivity contribution in [1.29, 1.82) is 0 Å². The van der Waals surface area contributed by atoms with Crippen molar-refractivity contribution < 1.29 is 19.1 Å². The first-order valence-electron chi connectivity index (χ1n) is 7.84. The Balaban J connectivity index is 2.01. The second-order valence-electron chi connectivity index (χ2n) is 5.64. The van der Waals surface area contributed by atoms with E-state index in [1.807, 2.05) is 37.3 Å². The first-order chi connectivity index (χ1) is 11.5. The molecule has 0 aliphatic carbocycles. The Morgan fingerprint density at radius 3 is 2.46 bits per heavy atom. The van der Waals surface area contributed by atoms with E-state index in [4.69, 9.17) is 5.11 Å². The molecule has 2 aromatic carbocycles. The third kappa shape index (κ3) is 4.91. The van der Waals surface area contributed by atoms with Gasteiger partial charge in [-0.1, -0.05) is 43.3 Å². The second-order valence-corrected chi connectivity index (χ2v) is 5.64. The zero-order chi connectivity index (χ0) is 17.5. The minimum atomic E-state index is -1.10. The lowest BCUT2D eigenvalue weighted by atomic mass is 9.93. The van der Waals surface area contributed by atoms with Crippen LogP contribution in [0.4, 0.5) is 10.1 Å². The molecular weight excluding hydrogens is 309 g/mol. The van der Waals surface area contributed by atoms with Gasteiger partial charge in [0.05, 0.1) is 6.42 Å². The Morgan fingerprint density at radius 1 is 1.17 bits per heavy atom. The number of amides is 1. The van der Waals surface area contributed by atoms with Gasteiger partial charge in [-0.05, 0) is 35.6 Å². The topological polar surface area (TPSA) is 66.4 Å². The van der Waals surface area contributed by atoms with Gasteiger partial charge in [-0.25, -0.2) is 4.39 Å². The summed E-state index contributed by atoms with van der Waals surface area (Å²) in [4.78, 5) is 22.8. The number of carboxylic acid groups (broad SMARTS) is 1. The molecule has 0 bridgehead atoms. The lowest BCUT2D eigenvalue weighted by molar-refractivity contribution is -0.136. The number of halogens is 1. The van der Waals surface area contributed by atoms with Gasteiger partial charge in [0.2, 0.25) is 5.91 Å². The maximum absolute atomic E-state index is 13.8. The maximum atomic E-state index is 13.8. The van der Waals surface area contributed by atoms with Crippen molar-refractivity contribution in [2.45, 2.75) is 32.1 Å². The molecule has 0 saturated carbocycles. The number of benzene rings is 2. The standard InChI is InChI=1S/C19H20FNO3/c1-2-13(14-6-4-3-5-7-14)10-18(22)21-16-9-8-15(11-19(23)24)17(20)12-16/h3-9,12-13H,2,10-11H2,1H3,(H,21,22)(H,23,24). The fraction of sp³-hybridized carbons (Fsp3) is 0.263. The van der Waals surface area contributed by atoms with Crippen LogP contribution in [0.5, 0.6) is 0 Å². The third-order valence-electron chi connectivity index (χ3n) is 3.87. The van der Waals surface area contributed by atoms with Gasteiger partial charge in [-0.2, -0.15) is 0 Å². The molecule has 1 amide bonds. The molecule has 0 saturated heterocycles. The molecule has 5 heteroatoms. The summed E-state index contributed by atoms with van der Waals surface area (Å²) in [5.74, 6) is -1.83. The van der Waals surface area contributed by atoms with Crippen LogP contribution in [-0.2, 0) is 16.0 Å². The van der Waals surface area contributed by atoms with Crippen molar-refractivity contribution in [3.8, 4) is 0 Å². The zero-order valence-electron chi connectivity index (χ0n) is 13.5. The number of carbonyl (C=O) groups is 2. The predicted octanol–water partition coefficient (Wildman–Crippen LogP) is 3.98. The van der Waals surface area contributed by atoms with Gasteiger partial charge >= 0.3 is 5.97 Å². The highest BCUT2D eigenvalue weighted by Gasteiger charge is 2.15. The molecule has 126 valence electrons. The molecule has 0 aliphatic heterocycles. The van der Waals surface area contributed by atoms with Gasteiger partial charge in [-0.3, -0.25) is 9.59 Å². The fourth-order valence-electron chi connectivity index (χ4n) is 2.59. The van der Waals surface area contributed by atoms with E-state index >= 15 is 0 Å². The smallest absolute Gasteiger partial charge is 0.307 e. The summed E-state index contributed by atoms with van der Waals surface area (Å²) in [6.45, 7) is 2.02. The van der Waals surface area contributed by atoms with E-state index in [0.29, 0.717) is 12.1 Å². The normalized spacial score (nSPS) is 11.8. The van der Waals surface area contributed by atoms with Crippen LogP contribution < -0.4 is 5.32 Å². The Kier molecular flexibility index (Phi) is 6.07. The summed E-state index contributed by atoms with van der Waals surface area (Å²) in [6.07, 6.45) is 0.744. The van der Waals surface area contributed by atoms with Crippen LogP contribution in [0.1, 0.15) is 36.8 Å². The van der Waals surface area contributed by atoms with Crippen molar-refractivity contribution in [3.05, 3.63) is 65.5 Å². The molecule has 0 fully saturated rings. The van der Waals surface area contributed by atoms with Crippen molar-refractivity contribution >= 4 is 17.6 Å². The number of nitrogens with one attached hydrogen (secondary N) is 1. The summed E-state index contributed by atoms with van der Waals surface area (Å²) in [7, 11) is 0. The molecule has 0 aromatic heterocycles. The molecule has 2 rings (SSSR count). The average molecular weight is 329 g/mol. The van der Waals surface area contributed by atoms with Crippen molar-refractivity contribution in [2.24, 2.45) is 0 Å². The molecule has 24 heavy (non-hydrogen) atoms. The molecule has 2 N–H and O–H groups in total. The van der Waals surface area contributed by atoms with Crippen LogP contribution in [0.25, 0.3) is 0 Å². The number of aliphatic carboxylic acids is 1. The minimum absolute atomic E-state index is 0.0937. The van der Waals surface area contributed by atoms with Gasteiger partial charge in [0.15, 0.2) is 0 Å². The number of carboxylic acids is 1. The van der Waals surface area contributed by atoms with Crippen LogP contribution in [0.2, 0.25) is 0 Å². The number of rotatable bonds is 7. The number of hydrogen-bond donors (Lipinski definition) is 2. The molecule has 4 nitrogen and oxygen atoms in total. The lowest BCUT2D eigenvalue weighted by Crippen LogP contribution is -2.16. The molecular formula is C19H20FNO3. The zero-order valence-corrected chi connectivity index (χ0v) is 13.5. The summed E-state index contributed by atoms with van der Waals surface area (Å²) in [6, 6.07) is 13.8. The summed E-state index contributed by atoms with van der Waals surface area (Å²) < 4.78 is 13.8. The second kappa shape index (κ2) is 8.24. The lowest BCUT2D eigenvalue weighted by Gasteiger charge is -2.15. The van der Waals surface area contributed by atoms with E-state index in [1.54, 1.807) is 0 Å². The largest absolute Gasteiger partial charge is 0.481 e. The van der Waals surface area contributed by atoms with Gasteiger partial charge in [-0.15, -0.1) is 0 Å². The number of carbonyl (C=O) groups excluding carboxylic acids is 1. The Labute approximate surface area is 140 Å². The Hall–Kier alpha value is -2.69. The van der Waals surface area contributed by atoms with Gasteiger partial charge in [0.1, 0.15) is 5.82 Å². The third-order valence-corrected chi connectivity index (χ3v) is 3.87. The summed E-state index contributed by atoms with van der Waals surface area (Å²) >= 11 is 0. The van der Waals surface area contributed by atoms with E-state index in [2.05, 4.69) is 5.32 Å². The monoisotopic (exact) mass is 329 g/mol. The van der Waals surface area contributed by atoms with E-state index in [0.717, 1.165) is 18.1 Å². The fourth-order valence-corrected chi connectivity index (χ4v) is 2.59. The Morgan fingerprint density at radius 2 is 1.88 bits per heavy atom. The number of anilines is 1. The first-order valence-corrected chi connectivity index (χ1v) is 7.84. The molecule has 1 atom stereocenters. The van der Waals surface area contributed by atoms with Crippen LogP contribution in [-0.4, -0.2) is 17.0 Å².